The molecule has 2 heterocycles. The quantitative estimate of drug-likeness (QED) is 0.617. The van der Waals surface area contributed by atoms with Crippen molar-refractivity contribution in [3.8, 4) is 5.75 Å². The van der Waals surface area contributed by atoms with Gasteiger partial charge in [-0.1, -0.05) is 18.2 Å². The largest absolute Gasteiger partial charge is 0.489 e. The molecule has 2 aromatic rings. The topological polar surface area (TPSA) is 87.2 Å². The first-order valence-corrected chi connectivity index (χ1v) is 12.1. The van der Waals surface area contributed by atoms with Crippen LogP contribution >= 0.6 is 0 Å². The highest BCUT2D eigenvalue weighted by molar-refractivity contribution is 6.07. The van der Waals surface area contributed by atoms with E-state index in [1.54, 1.807) is 17.0 Å². The molecule has 35 heavy (non-hydrogen) atoms. The number of Topliss-reactive ketones (excluding diaryl/α,β-unsaturated/α-hetero) is 2. The minimum Gasteiger partial charge on any atom is -0.489 e. The van der Waals surface area contributed by atoms with Gasteiger partial charge in [0, 0.05) is 49.3 Å². The van der Waals surface area contributed by atoms with Gasteiger partial charge in [-0.3, -0.25) is 19.2 Å². The zero-order valence-electron chi connectivity index (χ0n) is 19.9. The Morgan fingerprint density at radius 2 is 1.74 bits per heavy atom. The molecule has 0 radical (unpaired) electrons. The summed E-state index contributed by atoms with van der Waals surface area (Å²) in [7, 11) is 2.06. The number of piperazine rings is 1. The van der Waals surface area contributed by atoms with Crippen molar-refractivity contribution >= 4 is 23.4 Å². The molecule has 5 rings (SSSR count). The zero-order chi connectivity index (χ0) is 24.5. The molecule has 2 amide bonds. The highest BCUT2D eigenvalue weighted by Gasteiger charge is 2.40. The summed E-state index contributed by atoms with van der Waals surface area (Å²) in [4.78, 5) is 55.4. The molecule has 0 aromatic heterocycles. The average molecular weight is 476 g/mol. The third-order valence-corrected chi connectivity index (χ3v) is 7.15. The van der Waals surface area contributed by atoms with Crippen LogP contribution in [0.5, 0.6) is 5.75 Å². The number of nitrogens with zero attached hydrogens (tertiary/aromatic N) is 3. The molecular formula is C27H29N3O5. The van der Waals surface area contributed by atoms with Gasteiger partial charge in [0.1, 0.15) is 18.1 Å². The van der Waals surface area contributed by atoms with E-state index in [4.69, 9.17) is 4.74 Å². The third-order valence-electron chi connectivity index (χ3n) is 7.15. The van der Waals surface area contributed by atoms with E-state index < -0.39 is 6.04 Å². The van der Waals surface area contributed by atoms with Gasteiger partial charge in [-0.15, -0.1) is 0 Å². The molecule has 1 unspecified atom stereocenters. The molecule has 182 valence electrons. The highest BCUT2D eigenvalue weighted by Crippen LogP contribution is 2.34. The highest BCUT2D eigenvalue weighted by atomic mass is 16.5. The molecule has 1 aliphatic carbocycles. The molecule has 0 spiro atoms. The van der Waals surface area contributed by atoms with E-state index in [-0.39, 0.29) is 29.8 Å². The first-order valence-electron chi connectivity index (χ1n) is 12.1. The third kappa shape index (κ3) is 4.71. The van der Waals surface area contributed by atoms with Gasteiger partial charge in [0.05, 0.1) is 19.0 Å². The van der Waals surface area contributed by atoms with Crippen molar-refractivity contribution in [3.05, 3.63) is 64.7 Å². The number of ether oxygens (including phenoxy) is 1. The molecule has 3 aliphatic rings. The monoisotopic (exact) mass is 475 g/mol. The van der Waals surface area contributed by atoms with Crippen LogP contribution < -0.4 is 4.74 Å². The summed E-state index contributed by atoms with van der Waals surface area (Å²) in [6.07, 6.45) is 0.613. The maximum absolute atomic E-state index is 13.0. The van der Waals surface area contributed by atoms with Crippen LogP contribution in [0.25, 0.3) is 0 Å². The lowest BCUT2D eigenvalue weighted by Gasteiger charge is -2.32. The predicted molar refractivity (Wildman–Crippen MR) is 128 cm³/mol. The van der Waals surface area contributed by atoms with Gasteiger partial charge < -0.3 is 19.4 Å². The Morgan fingerprint density at radius 1 is 1.00 bits per heavy atom. The number of hydrogen-bond donors (Lipinski definition) is 0. The summed E-state index contributed by atoms with van der Waals surface area (Å²) in [5, 5.41) is 0. The Hall–Kier alpha value is -3.52. The molecular weight excluding hydrogens is 446 g/mol. The minimum absolute atomic E-state index is 0.0454. The van der Waals surface area contributed by atoms with Crippen LogP contribution in [0.1, 0.15) is 51.1 Å². The molecule has 1 saturated heterocycles. The number of rotatable bonds is 5. The number of fused-ring (bicyclic) bond motifs is 1. The first kappa shape index (κ1) is 23.2. The number of ketones is 2. The summed E-state index contributed by atoms with van der Waals surface area (Å²) < 4.78 is 6.07. The molecule has 8 nitrogen and oxygen atoms in total. The van der Waals surface area contributed by atoms with E-state index in [1.165, 1.54) is 0 Å². The summed E-state index contributed by atoms with van der Waals surface area (Å²) >= 11 is 0. The Kier molecular flexibility index (Phi) is 6.38. The summed E-state index contributed by atoms with van der Waals surface area (Å²) in [6.45, 7) is 3.82. The maximum atomic E-state index is 13.0. The van der Waals surface area contributed by atoms with Gasteiger partial charge in [-0.05, 0) is 43.3 Å². The molecule has 2 aliphatic heterocycles. The van der Waals surface area contributed by atoms with Gasteiger partial charge in [0.25, 0.3) is 11.8 Å². The average Bonchev–Trinajstić information content (AvgIpc) is 3.20. The predicted octanol–water partition coefficient (Wildman–Crippen LogP) is 2.30. The Bertz CT molecular complexity index is 1170. The second-order valence-corrected chi connectivity index (χ2v) is 9.53. The lowest BCUT2D eigenvalue weighted by Crippen LogP contribution is -2.47. The zero-order valence-corrected chi connectivity index (χ0v) is 19.9. The number of hydrogen-bond acceptors (Lipinski definition) is 6. The minimum atomic E-state index is -0.550. The fraction of sp³-hybridized carbons (Fsp3) is 0.407. The second kappa shape index (κ2) is 9.62. The summed E-state index contributed by atoms with van der Waals surface area (Å²) in [5.41, 5.74) is 2.89. The van der Waals surface area contributed by atoms with Gasteiger partial charge in [0.2, 0.25) is 0 Å². The summed E-state index contributed by atoms with van der Waals surface area (Å²) in [5.74, 6) is 0.218. The Morgan fingerprint density at radius 3 is 2.46 bits per heavy atom. The number of likely N-dealkylation sites (N-methyl/N-ethyl adjacent to an activating group) is 1. The normalized spacial score (nSPS) is 20.8. The van der Waals surface area contributed by atoms with Crippen molar-refractivity contribution in [3.63, 3.8) is 0 Å². The van der Waals surface area contributed by atoms with Crippen molar-refractivity contribution in [2.75, 3.05) is 33.2 Å². The fourth-order valence-electron chi connectivity index (χ4n) is 5.00. The fourth-order valence-corrected chi connectivity index (χ4v) is 5.00. The number of carbonyl (C=O) groups is 4. The number of benzene rings is 2. The van der Waals surface area contributed by atoms with E-state index in [0.29, 0.717) is 42.9 Å². The van der Waals surface area contributed by atoms with Crippen molar-refractivity contribution in [1.29, 1.82) is 0 Å². The van der Waals surface area contributed by atoms with E-state index >= 15 is 0 Å². The molecule has 0 bridgehead atoms. The van der Waals surface area contributed by atoms with Crippen LogP contribution in [-0.2, 0) is 22.7 Å². The second-order valence-electron chi connectivity index (χ2n) is 9.53. The lowest BCUT2D eigenvalue weighted by molar-refractivity contribution is -0.133. The van der Waals surface area contributed by atoms with Gasteiger partial charge in [-0.2, -0.15) is 0 Å². The number of amides is 2. The van der Waals surface area contributed by atoms with Crippen LogP contribution in [-0.4, -0.2) is 77.3 Å². The summed E-state index contributed by atoms with van der Waals surface area (Å²) in [6, 6.07) is 12.2. The van der Waals surface area contributed by atoms with Crippen LogP contribution in [0, 0.1) is 0 Å². The smallest absolute Gasteiger partial charge is 0.255 e. The van der Waals surface area contributed by atoms with Gasteiger partial charge >= 0.3 is 0 Å². The van der Waals surface area contributed by atoms with Crippen LogP contribution in [0.4, 0.5) is 0 Å². The van der Waals surface area contributed by atoms with Crippen molar-refractivity contribution in [2.24, 2.45) is 0 Å². The first-order chi connectivity index (χ1) is 16.9. The molecule has 1 saturated carbocycles. The van der Waals surface area contributed by atoms with Crippen molar-refractivity contribution in [2.45, 2.75) is 38.5 Å². The van der Waals surface area contributed by atoms with E-state index in [0.717, 1.165) is 37.3 Å². The molecule has 8 heteroatoms. The molecule has 1 atom stereocenters. The Labute approximate surface area is 204 Å². The van der Waals surface area contributed by atoms with Gasteiger partial charge in [-0.25, -0.2) is 0 Å². The van der Waals surface area contributed by atoms with Crippen LogP contribution in [0.15, 0.2) is 42.5 Å². The van der Waals surface area contributed by atoms with Crippen LogP contribution in [0.3, 0.4) is 0 Å². The molecule has 2 aromatic carbocycles. The van der Waals surface area contributed by atoms with E-state index in [2.05, 4.69) is 11.9 Å². The Balaban J connectivity index is 1.23. The molecule has 2 fully saturated rings. The van der Waals surface area contributed by atoms with E-state index in [1.807, 2.05) is 35.2 Å². The number of carbonyl (C=O) groups excluding carboxylic acids is 4. The maximum Gasteiger partial charge on any atom is 0.255 e. The van der Waals surface area contributed by atoms with Crippen molar-refractivity contribution < 1.29 is 23.9 Å². The standard InChI is InChI=1S/C27H29N3O5/c1-28-11-13-29(14-12-28)26(33)19-7-5-18(6-8-19)17-35-25-4-2-3-21-22(25)16-30(27(21)34)23-10-9-20(31)15-24(23)32/h2-8,23H,9-17H2,1H3. The molecule has 0 N–H and O–H groups in total. The van der Waals surface area contributed by atoms with Crippen LogP contribution in [0.2, 0.25) is 0 Å². The van der Waals surface area contributed by atoms with Crippen molar-refractivity contribution in [1.82, 2.24) is 14.7 Å². The lowest BCUT2D eigenvalue weighted by atomic mass is 9.92. The van der Waals surface area contributed by atoms with E-state index in [9.17, 15) is 19.2 Å². The van der Waals surface area contributed by atoms with Gasteiger partial charge in [0.15, 0.2) is 5.78 Å². The SMILES string of the molecule is CN1CCN(C(=O)c2ccc(COc3cccc4c3CN(C3CCC(=O)CC3=O)C4=O)cc2)CC1.